The number of amides is 2. The molecule has 1 fully saturated rings. The maximum Gasteiger partial charge on any atom is 0.227 e. The zero-order valence-electron chi connectivity index (χ0n) is 14.6. The van der Waals surface area contributed by atoms with E-state index in [1.165, 1.54) is 16.7 Å². The maximum absolute atomic E-state index is 12.7. The van der Waals surface area contributed by atoms with Gasteiger partial charge in [-0.3, -0.25) is 9.59 Å². The molecule has 1 saturated heterocycles. The molecular weight excluding hydrogens is 304 g/mol. The van der Waals surface area contributed by atoms with Crippen LogP contribution in [0, 0.1) is 13.8 Å². The van der Waals surface area contributed by atoms with Crippen molar-refractivity contribution in [3.05, 3.63) is 28.8 Å². The van der Waals surface area contributed by atoms with E-state index in [9.17, 15) is 9.59 Å². The first-order valence-electron chi connectivity index (χ1n) is 8.82. The smallest absolute Gasteiger partial charge is 0.227 e. The van der Waals surface area contributed by atoms with Crippen LogP contribution in [0.1, 0.15) is 36.0 Å². The Labute approximate surface area is 143 Å². The van der Waals surface area contributed by atoms with Crippen LogP contribution in [0.2, 0.25) is 0 Å². The molecule has 0 atom stereocenters. The Morgan fingerprint density at radius 3 is 2.50 bits per heavy atom. The maximum atomic E-state index is 12.7. The molecule has 24 heavy (non-hydrogen) atoms. The summed E-state index contributed by atoms with van der Waals surface area (Å²) >= 11 is 0. The predicted molar refractivity (Wildman–Crippen MR) is 93.2 cm³/mol. The van der Waals surface area contributed by atoms with Crippen LogP contribution in [0.5, 0.6) is 0 Å². The topological polar surface area (TPSA) is 49.9 Å². The van der Waals surface area contributed by atoms with Crippen LogP contribution in [0.15, 0.2) is 12.1 Å². The molecule has 5 heteroatoms. The lowest BCUT2D eigenvalue weighted by Crippen LogP contribution is -2.41. The SMILES string of the molecule is Cc1cc(C)c2c(c1)N(C(=O)CCC(=O)N1CCOCC1)CCC2. The van der Waals surface area contributed by atoms with Crippen molar-refractivity contribution in [3.8, 4) is 0 Å². The van der Waals surface area contributed by atoms with Crippen LogP contribution in [0.3, 0.4) is 0 Å². The van der Waals surface area contributed by atoms with Crippen molar-refractivity contribution in [1.82, 2.24) is 4.90 Å². The van der Waals surface area contributed by atoms with Gasteiger partial charge >= 0.3 is 0 Å². The summed E-state index contributed by atoms with van der Waals surface area (Å²) in [5, 5.41) is 0. The third-order valence-corrected chi connectivity index (χ3v) is 4.91. The van der Waals surface area contributed by atoms with Gasteiger partial charge in [-0.15, -0.1) is 0 Å². The van der Waals surface area contributed by atoms with Crippen molar-refractivity contribution in [2.45, 2.75) is 39.5 Å². The van der Waals surface area contributed by atoms with Gasteiger partial charge in [0, 0.05) is 38.2 Å². The van der Waals surface area contributed by atoms with E-state index in [2.05, 4.69) is 26.0 Å². The molecule has 0 spiro atoms. The molecule has 0 radical (unpaired) electrons. The molecule has 0 N–H and O–H groups in total. The molecule has 0 unspecified atom stereocenters. The number of carbonyl (C=O) groups excluding carboxylic acids is 2. The van der Waals surface area contributed by atoms with Gasteiger partial charge in [-0.25, -0.2) is 0 Å². The summed E-state index contributed by atoms with van der Waals surface area (Å²) in [5.74, 6) is 0.117. The highest BCUT2D eigenvalue weighted by Gasteiger charge is 2.25. The van der Waals surface area contributed by atoms with Crippen molar-refractivity contribution in [2.75, 3.05) is 37.7 Å². The van der Waals surface area contributed by atoms with Crippen LogP contribution in [-0.4, -0.2) is 49.6 Å². The lowest BCUT2D eigenvalue weighted by molar-refractivity contribution is -0.136. The number of hydrogen-bond acceptors (Lipinski definition) is 3. The van der Waals surface area contributed by atoms with Gasteiger partial charge in [0.05, 0.1) is 13.2 Å². The highest BCUT2D eigenvalue weighted by Crippen LogP contribution is 2.31. The third-order valence-electron chi connectivity index (χ3n) is 4.91. The number of morpholine rings is 1. The minimum absolute atomic E-state index is 0.0579. The quantitative estimate of drug-likeness (QED) is 0.854. The Balaban J connectivity index is 1.65. The van der Waals surface area contributed by atoms with E-state index in [0.717, 1.165) is 25.1 Å². The number of rotatable bonds is 3. The number of hydrogen-bond donors (Lipinski definition) is 0. The van der Waals surface area contributed by atoms with Crippen molar-refractivity contribution in [1.29, 1.82) is 0 Å². The number of carbonyl (C=O) groups is 2. The number of fused-ring (bicyclic) bond motifs is 1. The highest BCUT2D eigenvalue weighted by atomic mass is 16.5. The number of ether oxygens (including phenoxy) is 1. The van der Waals surface area contributed by atoms with Gasteiger partial charge in [-0.2, -0.15) is 0 Å². The Morgan fingerprint density at radius 1 is 1.04 bits per heavy atom. The van der Waals surface area contributed by atoms with Crippen LogP contribution in [0.4, 0.5) is 5.69 Å². The average molecular weight is 330 g/mol. The fourth-order valence-corrected chi connectivity index (χ4v) is 3.65. The molecular formula is C19H26N2O3. The molecule has 0 aliphatic carbocycles. The van der Waals surface area contributed by atoms with E-state index in [1.807, 2.05) is 4.90 Å². The molecule has 3 rings (SSSR count). The highest BCUT2D eigenvalue weighted by molar-refractivity contribution is 5.96. The van der Waals surface area contributed by atoms with Crippen LogP contribution in [0.25, 0.3) is 0 Å². The van der Waals surface area contributed by atoms with Gasteiger partial charge < -0.3 is 14.5 Å². The Kier molecular flexibility index (Phi) is 5.19. The minimum Gasteiger partial charge on any atom is -0.378 e. The van der Waals surface area contributed by atoms with Gasteiger partial charge in [0.15, 0.2) is 0 Å². The van der Waals surface area contributed by atoms with Gasteiger partial charge in [0.1, 0.15) is 0 Å². The van der Waals surface area contributed by atoms with E-state index in [0.29, 0.717) is 26.3 Å². The zero-order valence-corrected chi connectivity index (χ0v) is 14.6. The van der Waals surface area contributed by atoms with E-state index >= 15 is 0 Å². The van der Waals surface area contributed by atoms with Gasteiger partial charge in [0.25, 0.3) is 0 Å². The van der Waals surface area contributed by atoms with Crippen molar-refractivity contribution < 1.29 is 14.3 Å². The second-order valence-electron chi connectivity index (χ2n) is 6.72. The summed E-state index contributed by atoms with van der Waals surface area (Å²) in [7, 11) is 0. The molecule has 1 aromatic carbocycles. The normalized spacial score (nSPS) is 17.6. The van der Waals surface area contributed by atoms with E-state index in [-0.39, 0.29) is 24.7 Å². The first-order valence-corrected chi connectivity index (χ1v) is 8.82. The van der Waals surface area contributed by atoms with Gasteiger partial charge in [0.2, 0.25) is 11.8 Å². The van der Waals surface area contributed by atoms with Gasteiger partial charge in [-0.05, 0) is 49.4 Å². The summed E-state index contributed by atoms with van der Waals surface area (Å²) in [6, 6.07) is 4.28. The molecule has 2 heterocycles. The molecule has 0 bridgehead atoms. The van der Waals surface area contributed by atoms with E-state index in [4.69, 9.17) is 4.74 Å². The fourth-order valence-electron chi connectivity index (χ4n) is 3.65. The third kappa shape index (κ3) is 3.61. The molecule has 2 amide bonds. The monoisotopic (exact) mass is 330 g/mol. The average Bonchev–Trinajstić information content (AvgIpc) is 2.59. The Bertz CT molecular complexity index is 636. The first-order chi connectivity index (χ1) is 11.6. The summed E-state index contributed by atoms with van der Waals surface area (Å²) in [6.45, 7) is 7.39. The van der Waals surface area contributed by atoms with Crippen LogP contribution >= 0.6 is 0 Å². The second-order valence-corrected chi connectivity index (χ2v) is 6.72. The summed E-state index contributed by atoms with van der Waals surface area (Å²) in [5.41, 5.74) is 4.75. The summed E-state index contributed by atoms with van der Waals surface area (Å²) < 4.78 is 5.26. The molecule has 2 aliphatic heterocycles. The molecule has 2 aliphatic rings. The number of aryl methyl sites for hydroxylation is 2. The first kappa shape index (κ1) is 17.0. The number of anilines is 1. The Morgan fingerprint density at radius 2 is 1.75 bits per heavy atom. The standard InChI is InChI=1S/C19H26N2O3/c1-14-12-15(2)16-4-3-7-21(17(16)13-14)19(23)6-5-18(22)20-8-10-24-11-9-20/h12-13H,3-11H2,1-2H3. The Hall–Kier alpha value is -1.88. The summed E-state index contributed by atoms with van der Waals surface area (Å²) in [6.07, 6.45) is 2.58. The van der Waals surface area contributed by atoms with Crippen LogP contribution in [-0.2, 0) is 20.7 Å². The fraction of sp³-hybridized carbons (Fsp3) is 0.579. The molecule has 0 saturated carbocycles. The lowest BCUT2D eigenvalue weighted by Gasteiger charge is -2.31. The summed E-state index contributed by atoms with van der Waals surface area (Å²) in [4.78, 5) is 28.6. The zero-order chi connectivity index (χ0) is 17.1. The van der Waals surface area contributed by atoms with E-state index < -0.39 is 0 Å². The van der Waals surface area contributed by atoms with E-state index in [1.54, 1.807) is 4.90 Å². The predicted octanol–water partition coefficient (Wildman–Crippen LogP) is 2.22. The van der Waals surface area contributed by atoms with Crippen molar-refractivity contribution >= 4 is 17.5 Å². The molecule has 1 aromatic rings. The molecule has 5 nitrogen and oxygen atoms in total. The van der Waals surface area contributed by atoms with Crippen molar-refractivity contribution in [2.24, 2.45) is 0 Å². The number of benzene rings is 1. The molecule has 130 valence electrons. The van der Waals surface area contributed by atoms with Gasteiger partial charge in [-0.1, -0.05) is 6.07 Å². The van der Waals surface area contributed by atoms with Crippen LogP contribution < -0.4 is 4.90 Å². The molecule has 0 aromatic heterocycles. The second kappa shape index (κ2) is 7.34. The number of nitrogens with zero attached hydrogens (tertiary/aromatic N) is 2. The minimum atomic E-state index is 0.0579. The largest absolute Gasteiger partial charge is 0.378 e. The van der Waals surface area contributed by atoms with Crippen molar-refractivity contribution in [3.63, 3.8) is 0 Å². The lowest BCUT2D eigenvalue weighted by atomic mass is 9.94.